The number of rotatable bonds is 19. The molecule has 4 atom stereocenters. The quantitative estimate of drug-likeness (QED) is 0.0696. The maximum Gasteiger partial charge on any atom is 0.510 e. The van der Waals surface area contributed by atoms with Gasteiger partial charge < -0.3 is 48.3 Å². The fourth-order valence-electron chi connectivity index (χ4n) is 4.92. The van der Waals surface area contributed by atoms with E-state index in [4.69, 9.17) is 58.5 Å². The van der Waals surface area contributed by atoms with Crippen molar-refractivity contribution in [3.8, 4) is 0 Å². The highest BCUT2D eigenvalue weighted by Gasteiger charge is 2.44. The zero-order valence-electron chi connectivity index (χ0n) is 26.8. The number of fused-ring (bicyclic) bond motifs is 1. The van der Waals surface area contributed by atoms with Crippen molar-refractivity contribution in [2.45, 2.75) is 57.1 Å². The summed E-state index contributed by atoms with van der Waals surface area (Å²) in [5.41, 5.74) is 0.376. The summed E-state index contributed by atoms with van der Waals surface area (Å²) < 4.78 is 65.4. The molecule has 2 aromatic rings. The van der Waals surface area contributed by atoms with Gasteiger partial charge in [0.25, 0.3) is 0 Å². The van der Waals surface area contributed by atoms with Gasteiger partial charge in [-0.05, 0) is 24.4 Å². The lowest BCUT2D eigenvalue weighted by atomic mass is 10.0. The fourth-order valence-corrected chi connectivity index (χ4v) is 6.06. The van der Waals surface area contributed by atoms with E-state index in [0.717, 1.165) is 25.7 Å². The summed E-state index contributed by atoms with van der Waals surface area (Å²) in [4.78, 5) is 32.1. The molecule has 1 aliphatic heterocycles. The van der Waals surface area contributed by atoms with E-state index in [1.165, 1.54) is 18.9 Å². The zero-order chi connectivity index (χ0) is 34.5. The minimum Gasteiger partial charge on any atom is -0.432 e. The average molecular weight is 726 g/mol. The Kier molecular flexibility index (Phi) is 14.8. The highest BCUT2D eigenvalue weighted by molar-refractivity contribution is 7.53. The van der Waals surface area contributed by atoms with Crippen LogP contribution in [0.2, 0.25) is 5.28 Å². The fraction of sp³-hybridized carbons (Fsp3) is 0.741. The largest absolute Gasteiger partial charge is 0.510 e. The van der Waals surface area contributed by atoms with Crippen LogP contribution in [0.5, 0.6) is 0 Å². The Labute approximate surface area is 281 Å². The van der Waals surface area contributed by atoms with Crippen LogP contribution in [0.4, 0.5) is 15.4 Å². The summed E-state index contributed by atoms with van der Waals surface area (Å²) in [5.74, 6) is 0.0815. The van der Waals surface area contributed by atoms with Gasteiger partial charge in [0.2, 0.25) is 18.9 Å². The second-order valence-electron chi connectivity index (χ2n) is 10.8. The molecule has 2 aliphatic rings. The molecule has 4 rings (SSSR count). The number of hydrogen-bond donors (Lipinski definition) is 2. The van der Waals surface area contributed by atoms with Gasteiger partial charge in [-0.3, -0.25) is 13.6 Å². The van der Waals surface area contributed by atoms with Gasteiger partial charge in [0, 0.05) is 26.2 Å². The Hall–Kier alpha value is -2.87. The van der Waals surface area contributed by atoms with Crippen LogP contribution in [0, 0.1) is 5.92 Å². The number of nitrogens with zero attached hydrogens (tertiary/aromatic N) is 4. The summed E-state index contributed by atoms with van der Waals surface area (Å²) in [6.07, 6.45) is 0.315. The summed E-state index contributed by atoms with van der Waals surface area (Å²) in [5, 5.41) is 19.6. The van der Waals surface area contributed by atoms with E-state index in [0.29, 0.717) is 16.9 Å². The van der Waals surface area contributed by atoms with Gasteiger partial charge in [-0.2, -0.15) is 15.1 Å². The van der Waals surface area contributed by atoms with Gasteiger partial charge >= 0.3 is 19.9 Å². The number of nitrogens with one attached hydrogen (secondary N) is 1. The molecule has 0 spiro atoms. The number of aliphatic hydroxyl groups is 1. The van der Waals surface area contributed by atoms with Crippen molar-refractivity contribution in [3.05, 3.63) is 11.5 Å². The molecule has 0 bridgehead atoms. The Balaban J connectivity index is 1.35. The van der Waals surface area contributed by atoms with E-state index < -0.39 is 64.2 Å². The number of anilines is 1. The average Bonchev–Trinajstić information content (AvgIpc) is 3.78. The number of aromatic nitrogens is 4. The van der Waals surface area contributed by atoms with Crippen molar-refractivity contribution < 1.29 is 66.2 Å². The molecule has 270 valence electrons. The van der Waals surface area contributed by atoms with Crippen molar-refractivity contribution in [1.82, 2.24) is 19.7 Å². The third kappa shape index (κ3) is 10.8. The highest BCUT2D eigenvalue weighted by atomic mass is 35.5. The SMILES string of the molecule is COCCOC(=O)OCOP(=O)(COC[C@H]1O[C@@H](n2ncc3c(NC4CCCC4)nc(Cl)nc32)[C@H](O)[C@@H]1C)OCOC(=O)OCCOC. The summed E-state index contributed by atoms with van der Waals surface area (Å²) in [6.45, 7) is 0.0173. The number of aliphatic hydroxyl groups excluding tert-OH is 1. The third-order valence-corrected chi connectivity index (χ3v) is 9.16. The Morgan fingerprint density at radius 2 is 1.65 bits per heavy atom. The van der Waals surface area contributed by atoms with Crippen molar-refractivity contribution in [1.29, 1.82) is 0 Å². The van der Waals surface area contributed by atoms with E-state index in [-0.39, 0.29) is 44.4 Å². The predicted octanol–water partition coefficient (Wildman–Crippen LogP) is 3.44. The van der Waals surface area contributed by atoms with Crippen molar-refractivity contribution in [2.24, 2.45) is 5.92 Å². The maximum atomic E-state index is 13.4. The standard InChI is InChI=1S/C27H41ClN5O14P/c1-17-20(47-24(21(17)34)33-23-19(12-29-33)22(31-25(28)32-23)30-18-6-4-5-7-18)13-40-16-48(37,45-14-43-26(35)41-10-8-38-2)46-15-44-27(36)42-11-9-39-3/h12,17-18,20-21,24,34H,4-11,13-16H2,1-3H3,(H,30,31,32)/t17-,20-,21-,24-/m1/s1. The molecule has 2 aromatic heterocycles. The van der Waals surface area contributed by atoms with Crippen LogP contribution in [-0.4, -0.2) is 123 Å². The minimum atomic E-state index is -4.22. The number of hydrogen-bond acceptors (Lipinski definition) is 18. The van der Waals surface area contributed by atoms with Gasteiger partial charge in [-0.1, -0.05) is 19.8 Å². The number of carbonyl (C=O) groups is 2. The molecule has 48 heavy (non-hydrogen) atoms. The second kappa shape index (κ2) is 18.8. The van der Waals surface area contributed by atoms with Crippen molar-refractivity contribution in [2.75, 3.05) is 72.5 Å². The normalized spacial score (nSPS) is 21.4. The number of carbonyl (C=O) groups excluding carboxylic acids is 2. The Morgan fingerprint density at radius 1 is 1.02 bits per heavy atom. The summed E-state index contributed by atoms with van der Waals surface area (Å²) in [7, 11) is -1.37. The van der Waals surface area contributed by atoms with E-state index in [1.807, 2.05) is 0 Å². The lowest BCUT2D eigenvalue weighted by molar-refractivity contribution is -0.0659. The molecule has 1 saturated heterocycles. The second-order valence-corrected chi connectivity index (χ2v) is 13.1. The van der Waals surface area contributed by atoms with Crippen LogP contribution >= 0.6 is 19.2 Å². The predicted molar refractivity (Wildman–Crippen MR) is 164 cm³/mol. The van der Waals surface area contributed by atoms with Crippen LogP contribution in [0.3, 0.4) is 0 Å². The topological polar surface area (TPSA) is 219 Å². The molecule has 1 aliphatic carbocycles. The molecule has 21 heteroatoms. The molecule has 1 saturated carbocycles. The van der Waals surface area contributed by atoms with Crippen LogP contribution in [0.1, 0.15) is 38.8 Å². The van der Waals surface area contributed by atoms with E-state index >= 15 is 0 Å². The summed E-state index contributed by atoms with van der Waals surface area (Å²) in [6, 6.07) is 0.267. The lowest BCUT2D eigenvalue weighted by Gasteiger charge is -2.20. The highest BCUT2D eigenvalue weighted by Crippen LogP contribution is 2.48. The van der Waals surface area contributed by atoms with Crippen LogP contribution in [0.25, 0.3) is 11.0 Å². The first-order valence-electron chi connectivity index (χ1n) is 15.2. The maximum absolute atomic E-state index is 13.4. The van der Waals surface area contributed by atoms with Crippen LogP contribution in [0.15, 0.2) is 6.20 Å². The van der Waals surface area contributed by atoms with Crippen LogP contribution < -0.4 is 5.32 Å². The van der Waals surface area contributed by atoms with Gasteiger partial charge in [-0.15, -0.1) is 0 Å². The number of methoxy groups -OCH3 is 2. The molecule has 0 radical (unpaired) electrons. The van der Waals surface area contributed by atoms with Crippen molar-refractivity contribution >= 4 is 48.4 Å². The molecular weight excluding hydrogens is 685 g/mol. The van der Waals surface area contributed by atoms with Gasteiger partial charge in [0.15, 0.2) is 11.9 Å². The molecule has 2 N–H and O–H groups in total. The first-order chi connectivity index (χ1) is 23.1. The third-order valence-electron chi connectivity index (χ3n) is 7.49. The molecule has 2 fully saturated rings. The molecule has 0 amide bonds. The molecule has 0 unspecified atom stereocenters. The summed E-state index contributed by atoms with van der Waals surface area (Å²) >= 11 is 6.26. The first-order valence-corrected chi connectivity index (χ1v) is 17.3. The Bertz CT molecular complexity index is 1350. The minimum absolute atomic E-state index is 0.0142. The van der Waals surface area contributed by atoms with Gasteiger partial charge in [-0.25, -0.2) is 14.3 Å². The van der Waals surface area contributed by atoms with Gasteiger partial charge in [0.05, 0.1) is 37.5 Å². The zero-order valence-corrected chi connectivity index (χ0v) is 28.5. The molecule has 0 aromatic carbocycles. The van der Waals surface area contributed by atoms with Gasteiger partial charge in [0.1, 0.15) is 31.5 Å². The monoisotopic (exact) mass is 725 g/mol. The van der Waals surface area contributed by atoms with E-state index in [9.17, 15) is 19.3 Å². The van der Waals surface area contributed by atoms with Crippen molar-refractivity contribution in [3.63, 3.8) is 0 Å². The van der Waals surface area contributed by atoms with E-state index in [1.54, 1.807) is 13.1 Å². The molecule has 19 nitrogen and oxygen atoms in total. The lowest BCUT2D eigenvalue weighted by Crippen LogP contribution is -2.26. The molecular formula is C27H41ClN5O14P. The Morgan fingerprint density at radius 3 is 2.25 bits per heavy atom. The number of ether oxygens (including phenoxy) is 8. The smallest absolute Gasteiger partial charge is 0.432 e. The van der Waals surface area contributed by atoms with Crippen LogP contribution in [-0.2, 0) is 51.5 Å². The molecule has 3 heterocycles. The number of halogens is 1. The first kappa shape index (κ1) is 37.9. The van der Waals surface area contributed by atoms with E-state index in [2.05, 4.69) is 20.4 Å².